The zero-order chi connectivity index (χ0) is 13.2. The molecule has 2 heterocycles. The van der Waals surface area contributed by atoms with Gasteiger partial charge in [-0.25, -0.2) is 8.42 Å². The SMILES string of the molecule is C[C@@H](C(=O)N[C@H]1CCS(=O)(=O)C1)N1CCCCC1. The first-order valence-electron chi connectivity index (χ1n) is 6.73. The van der Waals surface area contributed by atoms with Gasteiger partial charge in [0.1, 0.15) is 0 Å². The normalized spacial score (nSPS) is 29.9. The van der Waals surface area contributed by atoms with Crippen LogP contribution in [0, 0.1) is 0 Å². The van der Waals surface area contributed by atoms with Gasteiger partial charge in [-0.05, 0) is 39.3 Å². The molecule has 0 aromatic heterocycles. The Kier molecular flexibility index (Phi) is 4.27. The number of carbonyl (C=O) groups is 1. The molecule has 5 nitrogen and oxygen atoms in total. The summed E-state index contributed by atoms with van der Waals surface area (Å²) >= 11 is 0. The molecule has 104 valence electrons. The van der Waals surface area contributed by atoms with Crippen molar-refractivity contribution in [2.24, 2.45) is 0 Å². The van der Waals surface area contributed by atoms with Gasteiger partial charge in [0.05, 0.1) is 17.5 Å². The number of hydrogen-bond donors (Lipinski definition) is 1. The fourth-order valence-corrected chi connectivity index (χ4v) is 4.38. The molecule has 0 aliphatic carbocycles. The first kappa shape index (κ1) is 13.8. The van der Waals surface area contributed by atoms with Gasteiger partial charge in [-0.2, -0.15) is 0 Å². The molecular formula is C12H22N2O3S. The Morgan fingerprint density at radius 3 is 2.50 bits per heavy atom. The lowest BCUT2D eigenvalue weighted by Crippen LogP contribution is -2.50. The van der Waals surface area contributed by atoms with E-state index >= 15 is 0 Å². The summed E-state index contributed by atoms with van der Waals surface area (Å²) in [5.41, 5.74) is 0. The average molecular weight is 274 g/mol. The molecule has 0 spiro atoms. The summed E-state index contributed by atoms with van der Waals surface area (Å²) in [5, 5.41) is 2.87. The Hall–Kier alpha value is -0.620. The Bertz CT molecular complexity index is 402. The van der Waals surface area contributed by atoms with Crippen molar-refractivity contribution in [3.63, 3.8) is 0 Å². The number of nitrogens with zero attached hydrogens (tertiary/aromatic N) is 1. The summed E-state index contributed by atoms with van der Waals surface area (Å²) in [6, 6.07) is -0.330. The van der Waals surface area contributed by atoms with Crippen molar-refractivity contribution in [3.8, 4) is 0 Å². The third kappa shape index (κ3) is 3.45. The third-order valence-electron chi connectivity index (χ3n) is 3.90. The molecule has 2 atom stereocenters. The van der Waals surface area contributed by atoms with Crippen LogP contribution in [0.1, 0.15) is 32.6 Å². The zero-order valence-electron chi connectivity index (χ0n) is 10.9. The zero-order valence-corrected chi connectivity index (χ0v) is 11.7. The van der Waals surface area contributed by atoms with E-state index in [2.05, 4.69) is 10.2 Å². The summed E-state index contributed by atoms with van der Waals surface area (Å²) in [6.45, 7) is 3.85. The predicted octanol–water partition coefficient (Wildman–Crippen LogP) is 0.164. The number of rotatable bonds is 3. The summed E-state index contributed by atoms with van der Waals surface area (Å²) < 4.78 is 22.7. The van der Waals surface area contributed by atoms with E-state index < -0.39 is 9.84 Å². The smallest absolute Gasteiger partial charge is 0.237 e. The average Bonchev–Trinajstić information content (AvgIpc) is 2.68. The Balaban J connectivity index is 1.84. The van der Waals surface area contributed by atoms with Gasteiger partial charge in [0.15, 0.2) is 9.84 Å². The summed E-state index contributed by atoms with van der Waals surface area (Å²) in [7, 11) is -2.92. The van der Waals surface area contributed by atoms with Crippen LogP contribution >= 0.6 is 0 Å². The van der Waals surface area contributed by atoms with Crippen LogP contribution < -0.4 is 5.32 Å². The number of piperidine rings is 1. The largest absolute Gasteiger partial charge is 0.351 e. The van der Waals surface area contributed by atoms with Crippen molar-refractivity contribution in [3.05, 3.63) is 0 Å². The van der Waals surface area contributed by atoms with E-state index in [4.69, 9.17) is 0 Å². The minimum absolute atomic E-state index is 0.0287. The van der Waals surface area contributed by atoms with Gasteiger partial charge < -0.3 is 5.32 Å². The second-order valence-corrected chi connectivity index (χ2v) is 7.61. The van der Waals surface area contributed by atoms with Crippen molar-refractivity contribution in [1.29, 1.82) is 0 Å². The van der Waals surface area contributed by atoms with E-state index in [9.17, 15) is 13.2 Å². The van der Waals surface area contributed by atoms with E-state index in [1.165, 1.54) is 6.42 Å². The van der Waals surface area contributed by atoms with Gasteiger partial charge in [-0.15, -0.1) is 0 Å². The standard InChI is InChI=1S/C12H22N2O3S/c1-10(14-6-3-2-4-7-14)12(15)13-11-5-8-18(16,17)9-11/h10-11H,2-9H2,1H3,(H,13,15)/t10-,11-/m0/s1. The van der Waals surface area contributed by atoms with Crippen molar-refractivity contribution in [1.82, 2.24) is 10.2 Å². The van der Waals surface area contributed by atoms with E-state index in [1.807, 2.05) is 6.92 Å². The minimum atomic E-state index is -2.92. The molecule has 1 amide bonds. The van der Waals surface area contributed by atoms with Crippen LogP contribution in [-0.2, 0) is 14.6 Å². The fraction of sp³-hybridized carbons (Fsp3) is 0.917. The number of likely N-dealkylation sites (tertiary alicyclic amines) is 1. The van der Waals surface area contributed by atoms with Gasteiger partial charge in [0.25, 0.3) is 0 Å². The van der Waals surface area contributed by atoms with E-state index in [0.29, 0.717) is 6.42 Å². The first-order chi connectivity index (χ1) is 8.48. The van der Waals surface area contributed by atoms with Crippen molar-refractivity contribution >= 4 is 15.7 Å². The highest BCUT2D eigenvalue weighted by molar-refractivity contribution is 7.91. The Morgan fingerprint density at radius 2 is 1.94 bits per heavy atom. The maximum absolute atomic E-state index is 12.1. The van der Waals surface area contributed by atoms with Crippen LogP contribution in [-0.4, -0.2) is 55.9 Å². The number of amides is 1. The molecule has 0 saturated carbocycles. The molecule has 0 radical (unpaired) electrons. The summed E-state index contributed by atoms with van der Waals surface area (Å²) in [4.78, 5) is 14.2. The molecule has 0 bridgehead atoms. The molecule has 2 fully saturated rings. The minimum Gasteiger partial charge on any atom is -0.351 e. The lowest BCUT2D eigenvalue weighted by atomic mass is 10.1. The Labute approximate surface area is 109 Å². The molecule has 2 aliphatic rings. The van der Waals surface area contributed by atoms with Gasteiger partial charge in [0, 0.05) is 6.04 Å². The van der Waals surface area contributed by atoms with Crippen molar-refractivity contribution in [2.75, 3.05) is 24.6 Å². The van der Waals surface area contributed by atoms with Crippen LogP contribution in [0.25, 0.3) is 0 Å². The van der Waals surface area contributed by atoms with Gasteiger partial charge in [-0.1, -0.05) is 6.42 Å². The second-order valence-electron chi connectivity index (χ2n) is 5.38. The van der Waals surface area contributed by atoms with Gasteiger partial charge in [-0.3, -0.25) is 9.69 Å². The first-order valence-corrected chi connectivity index (χ1v) is 8.55. The van der Waals surface area contributed by atoms with Crippen molar-refractivity contribution in [2.45, 2.75) is 44.7 Å². The highest BCUT2D eigenvalue weighted by atomic mass is 32.2. The second kappa shape index (κ2) is 5.57. The van der Waals surface area contributed by atoms with Gasteiger partial charge in [0.2, 0.25) is 5.91 Å². The van der Waals surface area contributed by atoms with Crippen molar-refractivity contribution < 1.29 is 13.2 Å². The van der Waals surface area contributed by atoms with Crippen LogP contribution in [0.4, 0.5) is 0 Å². The molecule has 0 unspecified atom stereocenters. The molecule has 0 aromatic carbocycles. The molecular weight excluding hydrogens is 252 g/mol. The molecule has 2 aliphatic heterocycles. The number of sulfone groups is 1. The highest BCUT2D eigenvalue weighted by Crippen LogP contribution is 2.14. The number of hydrogen-bond acceptors (Lipinski definition) is 4. The molecule has 6 heteroatoms. The number of nitrogens with one attached hydrogen (secondary N) is 1. The lowest BCUT2D eigenvalue weighted by molar-refractivity contribution is -0.126. The summed E-state index contributed by atoms with van der Waals surface area (Å²) in [5.74, 6) is 0.278. The van der Waals surface area contributed by atoms with E-state index in [0.717, 1.165) is 25.9 Å². The van der Waals surface area contributed by atoms with Crippen LogP contribution in [0.15, 0.2) is 0 Å². The molecule has 2 saturated heterocycles. The molecule has 0 aromatic rings. The molecule has 2 rings (SSSR count). The fourth-order valence-electron chi connectivity index (χ4n) is 2.70. The molecule has 18 heavy (non-hydrogen) atoms. The molecule has 1 N–H and O–H groups in total. The monoisotopic (exact) mass is 274 g/mol. The maximum Gasteiger partial charge on any atom is 0.237 e. The van der Waals surface area contributed by atoms with Crippen LogP contribution in [0.5, 0.6) is 0 Å². The topological polar surface area (TPSA) is 66.5 Å². The van der Waals surface area contributed by atoms with Gasteiger partial charge >= 0.3 is 0 Å². The van der Waals surface area contributed by atoms with E-state index in [1.54, 1.807) is 0 Å². The Morgan fingerprint density at radius 1 is 1.28 bits per heavy atom. The van der Waals surface area contributed by atoms with Crippen LogP contribution in [0.2, 0.25) is 0 Å². The maximum atomic E-state index is 12.1. The van der Waals surface area contributed by atoms with E-state index in [-0.39, 0.29) is 29.5 Å². The highest BCUT2D eigenvalue weighted by Gasteiger charge is 2.31. The lowest BCUT2D eigenvalue weighted by Gasteiger charge is -2.31. The van der Waals surface area contributed by atoms with Crippen LogP contribution in [0.3, 0.4) is 0 Å². The summed E-state index contributed by atoms with van der Waals surface area (Å²) in [6.07, 6.45) is 4.09. The quantitative estimate of drug-likeness (QED) is 0.796. The predicted molar refractivity (Wildman–Crippen MR) is 70.1 cm³/mol. The third-order valence-corrected chi connectivity index (χ3v) is 5.66. The number of carbonyl (C=O) groups excluding carboxylic acids is 1.